The number of aromatic carboxylic acids is 1. The second-order valence-electron chi connectivity index (χ2n) is 4.05. The Labute approximate surface area is 130 Å². The number of amides is 1. The predicted molar refractivity (Wildman–Crippen MR) is 78.0 cm³/mol. The van der Waals surface area contributed by atoms with Crippen LogP contribution in [0.3, 0.4) is 0 Å². The fourth-order valence-corrected chi connectivity index (χ4v) is 3.73. The highest BCUT2D eigenvalue weighted by molar-refractivity contribution is 9.10. The summed E-state index contributed by atoms with van der Waals surface area (Å²) in [6.45, 7) is 0.463. The van der Waals surface area contributed by atoms with Gasteiger partial charge in [0.05, 0.1) is 17.1 Å². The molecule has 0 aromatic heterocycles. The number of methoxy groups -OCH3 is 1. The van der Waals surface area contributed by atoms with E-state index in [2.05, 4.69) is 21.2 Å². The van der Waals surface area contributed by atoms with Crippen LogP contribution < -0.4 is 5.32 Å². The highest BCUT2D eigenvalue weighted by atomic mass is 79.9. The minimum Gasteiger partial charge on any atom is -0.478 e. The van der Waals surface area contributed by atoms with Crippen molar-refractivity contribution in [2.75, 3.05) is 26.0 Å². The zero-order chi connectivity index (χ0) is 16.0. The van der Waals surface area contributed by atoms with Crippen LogP contribution in [0.25, 0.3) is 0 Å². The third-order valence-electron chi connectivity index (χ3n) is 2.46. The van der Waals surface area contributed by atoms with Crippen molar-refractivity contribution in [2.45, 2.75) is 4.90 Å². The first-order valence-corrected chi connectivity index (χ1v) is 8.23. The summed E-state index contributed by atoms with van der Waals surface area (Å²) < 4.78 is 29.2. The summed E-state index contributed by atoms with van der Waals surface area (Å²) in [5.74, 6) is -2.69. The van der Waals surface area contributed by atoms with Crippen molar-refractivity contribution in [1.82, 2.24) is 5.32 Å². The fraction of sp³-hybridized carbons (Fsp3) is 0.333. The smallest absolute Gasteiger partial charge is 0.335 e. The lowest BCUT2D eigenvalue weighted by molar-refractivity contribution is -0.118. The van der Waals surface area contributed by atoms with E-state index in [9.17, 15) is 18.0 Å². The van der Waals surface area contributed by atoms with Gasteiger partial charge in [-0.15, -0.1) is 0 Å². The van der Waals surface area contributed by atoms with Crippen LogP contribution in [0.4, 0.5) is 0 Å². The molecular weight excluding hydrogens is 366 g/mol. The molecule has 2 N–H and O–H groups in total. The quantitative estimate of drug-likeness (QED) is 0.674. The Hall–Kier alpha value is -1.45. The predicted octanol–water partition coefficient (Wildman–Crippen LogP) is 0.684. The van der Waals surface area contributed by atoms with E-state index in [1.54, 1.807) is 0 Å². The van der Waals surface area contributed by atoms with Crippen LogP contribution >= 0.6 is 15.9 Å². The van der Waals surface area contributed by atoms with Gasteiger partial charge in [-0.1, -0.05) is 0 Å². The molecule has 21 heavy (non-hydrogen) atoms. The van der Waals surface area contributed by atoms with Crippen molar-refractivity contribution in [3.05, 3.63) is 28.2 Å². The molecule has 1 rings (SSSR count). The van der Waals surface area contributed by atoms with Crippen molar-refractivity contribution in [3.63, 3.8) is 0 Å². The molecule has 0 radical (unpaired) electrons. The normalized spacial score (nSPS) is 11.1. The number of ether oxygens (including phenoxy) is 1. The van der Waals surface area contributed by atoms with Crippen molar-refractivity contribution >= 4 is 37.6 Å². The highest BCUT2D eigenvalue weighted by Crippen LogP contribution is 2.24. The topological polar surface area (TPSA) is 110 Å². The Morgan fingerprint density at radius 3 is 2.62 bits per heavy atom. The van der Waals surface area contributed by atoms with Crippen molar-refractivity contribution in [2.24, 2.45) is 0 Å². The van der Waals surface area contributed by atoms with Gasteiger partial charge in [0.25, 0.3) is 0 Å². The number of hydrogen-bond donors (Lipinski definition) is 2. The molecule has 0 aliphatic heterocycles. The largest absolute Gasteiger partial charge is 0.478 e. The summed E-state index contributed by atoms with van der Waals surface area (Å²) >= 11 is 3.05. The molecule has 0 aliphatic carbocycles. The van der Waals surface area contributed by atoms with E-state index in [0.29, 0.717) is 0 Å². The molecule has 0 fully saturated rings. The van der Waals surface area contributed by atoms with Crippen molar-refractivity contribution < 1.29 is 27.9 Å². The van der Waals surface area contributed by atoms with Gasteiger partial charge in [-0.2, -0.15) is 0 Å². The third kappa shape index (κ3) is 5.10. The van der Waals surface area contributed by atoms with E-state index < -0.39 is 27.5 Å². The number of hydrogen-bond acceptors (Lipinski definition) is 5. The average molecular weight is 380 g/mol. The minimum absolute atomic E-state index is 0.170. The van der Waals surface area contributed by atoms with Gasteiger partial charge >= 0.3 is 5.97 Å². The molecule has 0 atom stereocenters. The minimum atomic E-state index is -3.95. The van der Waals surface area contributed by atoms with Crippen molar-refractivity contribution in [1.29, 1.82) is 0 Å². The zero-order valence-corrected chi connectivity index (χ0v) is 13.5. The molecule has 0 saturated heterocycles. The lowest BCUT2D eigenvalue weighted by Gasteiger charge is -2.08. The number of sulfone groups is 1. The molecular formula is C12H14BrNO6S. The van der Waals surface area contributed by atoms with Crippen LogP contribution in [0, 0.1) is 0 Å². The van der Waals surface area contributed by atoms with E-state index in [-0.39, 0.29) is 28.1 Å². The zero-order valence-electron chi connectivity index (χ0n) is 11.1. The molecule has 0 saturated carbocycles. The first kappa shape index (κ1) is 17.6. The van der Waals surface area contributed by atoms with E-state index in [4.69, 9.17) is 9.84 Å². The molecule has 116 valence electrons. The molecule has 0 heterocycles. The van der Waals surface area contributed by atoms with Crippen LogP contribution in [0.5, 0.6) is 0 Å². The molecule has 1 aromatic carbocycles. The lowest BCUT2D eigenvalue weighted by Crippen LogP contribution is -2.32. The number of nitrogens with one attached hydrogen (secondary N) is 1. The molecule has 0 aliphatic rings. The molecule has 7 nitrogen and oxygen atoms in total. The van der Waals surface area contributed by atoms with Gasteiger partial charge in [0, 0.05) is 18.1 Å². The maximum Gasteiger partial charge on any atom is 0.335 e. The summed E-state index contributed by atoms with van der Waals surface area (Å²) in [6, 6.07) is 3.60. The number of carboxylic acid groups (broad SMARTS) is 1. The SMILES string of the molecule is COCCNC(=O)CS(=O)(=O)c1cc(C(=O)O)ccc1Br. The standard InChI is InChI=1S/C12H14BrNO6S/c1-20-5-4-14-11(15)7-21(18,19)10-6-8(12(16)17)2-3-9(10)13/h2-3,6H,4-5,7H2,1H3,(H,14,15)(H,16,17). The van der Waals surface area contributed by atoms with Crippen molar-refractivity contribution in [3.8, 4) is 0 Å². The summed E-state index contributed by atoms with van der Waals surface area (Å²) in [6.07, 6.45) is 0. The van der Waals surface area contributed by atoms with Crippen LogP contribution in [0.2, 0.25) is 0 Å². The number of carbonyl (C=O) groups excluding carboxylic acids is 1. The molecule has 9 heteroatoms. The van der Waals surface area contributed by atoms with E-state index in [1.807, 2.05) is 0 Å². The first-order chi connectivity index (χ1) is 9.77. The molecule has 1 aromatic rings. The Morgan fingerprint density at radius 1 is 1.38 bits per heavy atom. The van der Waals surface area contributed by atoms with Gasteiger partial charge in [0.15, 0.2) is 9.84 Å². The van der Waals surface area contributed by atoms with Gasteiger partial charge in [-0.3, -0.25) is 4.79 Å². The number of benzene rings is 1. The van der Waals surface area contributed by atoms with Crippen LogP contribution in [0.15, 0.2) is 27.6 Å². The Balaban J connectivity index is 2.95. The molecule has 0 bridgehead atoms. The van der Waals surface area contributed by atoms with E-state index in [0.717, 1.165) is 6.07 Å². The Bertz CT molecular complexity index is 643. The first-order valence-electron chi connectivity index (χ1n) is 5.79. The van der Waals surface area contributed by atoms with Gasteiger partial charge in [0.1, 0.15) is 5.75 Å². The van der Waals surface area contributed by atoms with Crippen LogP contribution in [-0.2, 0) is 19.4 Å². The number of carboxylic acids is 1. The number of rotatable bonds is 7. The van der Waals surface area contributed by atoms with Crippen LogP contribution in [0.1, 0.15) is 10.4 Å². The third-order valence-corrected chi connectivity index (χ3v) is 5.07. The maximum atomic E-state index is 12.2. The number of halogens is 1. The van der Waals surface area contributed by atoms with Gasteiger partial charge in [0.2, 0.25) is 5.91 Å². The number of carbonyl (C=O) groups is 2. The summed E-state index contributed by atoms with van der Waals surface area (Å²) in [4.78, 5) is 22.2. The van der Waals surface area contributed by atoms with Gasteiger partial charge in [-0.25, -0.2) is 13.2 Å². The van der Waals surface area contributed by atoms with E-state index in [1.165, 1.54) is 19.2 Å². The summed E-state index contributed by atoms with van der Waals surface area (Å²) in [5.41, 5.74) is -0.170. The Morgan fingerprint density at radius 2 is 2.05 bits per heavy atom. The average Bonchev–Trinajstić information content (AvgIpc) is 2.38. The van der Waals surface area contributed by atoms with Gasteiger partial charge in [-0.05, 0) is 34.1 Å². The fourth-order valence-electron chi connectivity index (χ4n) is 1.47. The second-order valence-corrected chi connectivity index (χ2v) is 6.86. The summed E-state index contributed by atoms with van der Waals surface area (Å²) in [7, 11) is -2.49. The van der Waals surface area contributed by atoms with Crippen LogP contribution in [-0.4, -0.2) is 51.4 Å². The Kier molecular flexibility index (Phi) is 6.31. The highest BCUT2D eigenvalue weighted by Gasteiger charge is 2.23. The summed E-state index contributed by atoms with van der Waals surface area (Å²) in [5, 5.41) is 11.3. The second kappa shape index (κ2) is 7.53. The maximum absolute atomic E-state index is 12.2. The van der Waals surface area contributed by atoms with Gasteiger partial charge < -0.3 is 15.2 Å². The monoisotopic (exact) mass is 379 g/mol. The molecule has 1 amide bonds. The molecule has 0 unspecified atom stereocenters. The molecule has 0 spiro atoms. The van der Waals surface area contributed by atoms with E-state index >= 15 is 0 Å². The lowest BCUT2D eigenvalue weighted by atomic mass is 10.2.